The Bertz CT molecular complexity index is 137. The second-order valence-electron chi connectivity index (χ2n) is 1.76. The number of hydrogen-bond acceptors (Lipinski definition) is 1. The molecule has 0 aliphatic heterocycles. The predicted octanol–water partition coefficient (Wildman–Crippen LogP) is 1.34. The van der Waals surface area contributed by atoms with Crippen LogP contribution in [0.2, 0.25) is 0 Å². The zero-order chi connectivity index (χ0) is 7.98. The van der Waals surface area contributed by atoms with Gasteiger partial charge >= 0.3 is 6.09 Å². The molecular weight excluding hydrogens is 274 g/mol. The Morgan fingerprint density at radius 3 is 1.91 bits per heavy atom. The number of rotatable bonds is 4. The first-order valence-electron chi connectivity index (χ1n) is 2.92. The summed E-state index contributed by atoms with van der Waals surface area (Å²) in [7, 11) is 0. The first-order chi connectivity index (χ1) is 4.72. The van der Waals surface area contributed by atoms with Gasteiger partial charge in [-0.25, -0.2) is 4.79 Å². The molecule has 0 radical (unpaired) electrons. The van der Waals surface area contributed by atoms with Gasteiger partial charge in [-0.3, -0.25) is 0 Å². The van der Waals surface area contributed by atoms with E-state index in [1.807, 2.05) is 0 Å². The maximum absolute atomic E-state index is 10.3. The van der Waals surface area contributed by atoms with Crippen LogP contribution in [0, 0.1) is 40.8 Å². The van der Waals surface area contributed by atoms with Gasteiger partial charge in [0.05, 0.1) is 0 Å². The fourth-order valence-corrected chi connectivity index (χ4v) is 0.542. The van der Waals surface area contributed by atoms with E-state index in [4.69, 9.17) is 5.11 Å². The molecule has 60 valence electrons. The van der Waals surface area contributed by atoms with Crippen LogP contribution in [0.25, 0.3) is 0 Å². The van der Waals surface area contributed by atoms with Crippen molar-refractivity contribution in [2.75, 3.05) is 13.1 Å². The van der Waals surface area contributed by atoms with Crippen molar-refractivity contribution in [1.29, 1.82) is 0 Å². The van der Waals surface area contributed by atoms with Gasteiger partial charge in [0.1, 0.15) is 0 Å². The second kappa shape index (κ2) is 8.20. The minimum Gasteiger partial charge on any atom is -0.465 e. The van der Waals surface area contributed by atoms with E-state index in [1.54, 1.807) is 0 Å². The standard InChI is InChI=1S/C7H11NO2.Nd/c1-3-5-8(6-4-2)7(9)10;/h3-4H,1-2,5-6H2,(H,9,10);. The van der Waals surface area contributed by atoms with Crippen LogP contribution in [0.15, 0.2) is 25.3 Å². The van der Waals surface area contributed by atoms with Crippen molar-refractivity contribution in [2.24, 2.45) is 0 Å². The summed E-state index contributed by atoms with van der Waals surface area (Å²) in [5.41, 5.74) is 0. The van der Waals surface area contributed by atoms with E-state index in [9.17, 15) is 4.79 Å². The van der Waals surface area contributed by atoms with Crippen molar-refractivity contribution < 1.29 is 50.7 Å². The molecule has 3 nitrogen and oxygen atoms in total. The van der Waals surface area contributed by atoms with Gasteiger partial charge in [-0.05, 0) is 0 Å². The Kier molecular flexibility index (Phi) is 10.2. The van der Waals surface area contributed by atoms with Crippen LogP contribution in [0.4, 0.5) is 4.79 Å². The molecule has 0 aromatic carbocycles. The maximum atomic E-state index is 10.3. The summed E-state index contributed by atoms with van der Waals surface area (Å²) in [6.45, 7) is 7.55. The maximum Gasteiger partial charge on any atom is 0.407 e. The number of carbonyl (C=O) groups is 1. The molecule has 0 unspecified atom stereocenters. The molecule has 1 amide bonds. The summed E-state index contributed by atoms with van der Waals surface area (Å²) in [5, 5.41) is 8.47. The monoisotopic (exact) mass is 283 g/mol. The average Bonchev–Trinajstić information content (AvgIpc) is 1.87. The Labute approximate surface area is 99.3 Å². The summed E-state index contributed by atoms with van der Waals surface area (Å²) in [4.78, 5) is 11.5. The van der Waals surface area contributed by atoms with E-state index < -0.39 is 6.09 Å². The smallest absolute Gasteiger partial charge is 0.407 e. The van der Waals surface area contributed by atoms with Gasteiger partial charge < -0.3 is 10.0 Å². The molecule has 0 heterocycles. The fraction of sp³-hybridized carbons (Fsp3) is 0.286. The topological polar surface area (TPSA) is 40.5 Å². The summed E-state index contributed by atoms with van der Waals surface area (Å²) in [6, 6.07) is 0. The van der Waals surface area contributed by atoms with E-state index in [2.05, 4.69) is 13.2 Å². The van der Waals surface area contributed by atoms with Crippen molar-refractivity contribution in [3.8, 4) is 0 Å². The van der Waals surface area contributed by atoms with E-state index in [1.165, 1.54) is 17.1 Å². The first-order valence-corrected chi connectivity index (χ1v) is 2.92. The quantitative estimate of drug-likeness (QED) is 0.792. The molecule has 0 aliphatic carbocycles. The molecule has 0 rings (SSSR count). The van der Waals surface area contributed by atoms with E-state index in [0.717, 1.165) is 0 Å². The van der Waals surface area contributed by atoms with Gasteiger partial charge in [0.15, 0.2) is 0 Å². The van der Waals surface area contributed by atoms with Gasteiger partial charge in [-0.2, -0.15) is 0 Å². The molecule has 0 saturated carbocycles. The minimum absolute atomic E-state index is 0. The summed E-state index contributed by atoms with van der Waals surface area (Å²) < 4.78 is 0. The van der Waals surface area contributed by atoms with Crippen molar-refractivity contribution in [1.82, 2.24) is 4.90 Å². The van der Waals surface area contributed by atoms with Crippen LogP contribution in [-0.4, -0.2) is 29.2 Å². The normalized spacial score (nSPS) is 7.64. The second-order valence-corrected chi connectivity index (χ2v) is 1.76. The fourth-order valence-electron chi connectivity index (χ4n) is 0.542. The van der Waals surface area contributed by atoms with Crippen LogP contribution in [0.1, 0.15) is 0 Å². The SMILES string of the molecule is C=CCN(CC=C)C(=O)O.[Nd]. The van der Waals surface area contributed by atoms with E-state index >= 15 is 0 Å². The number of amides is 1. The molecule has 4 heteroatoms. The molecule has 0 spiro atoms. The van der Waals surface area contributed by atoms with E-state index in [0.29, 0.717) is 13.1 Å². The van der Waals surface area contributed by atoms with Crippen molar-refractivity contribution in [3.05, 3.63) is 25.3 Å². The Hall–Kier alpha value is 0.101. The third kappa shape index (κ3) is 6.50. The largest absolute Gasteiger partial charge is 0.465 e. The van der Waals surface area contributed by atoms with Crippen LogP contribution >= 0.6 is 0 Å². The molecule has 0 fully saturated rings. The molecule has 0 saturated heterocycles. The first kappa shape index (κ1) is 13.7. The Morgan fingerprint density at radius 1 is 1.36 bits per heavy atom. The molecule has 0 aromatic heterocycles. The number of carboxylic acid groups (broad SMARTS) is 1. The molecular formula is C7H11NNdO2. The zero-order valence-corrected chi connectivity index (χ0v) is 9.49. The average molecular weight is 285 g/mol. The van der Waals surface area contributed by atoms with Gasteiger partial charge in [0.25, 0.3) is 0 Å². The third-order valence-corrected chi connectivity index (χ3v) is 0.969. The molecule has 0 aliphatic rings. The number of nitrogens with zero attached hydrogens (tertiary/aromatic N) is 1. The van der Waals surface area contributed by atoms with Crippen LogP contribution in [-0.2, 0) is 0 Å². The summed E-state index contributed by atoms with van der Waals surface area (Å²) in [5.74, 6) is 0. The predicted molar refractivity (Wildman–Crippen MR) is 40.0 cm³/mol. The minimum atomic E-state index is -0.945. The number of hydrogen-bond donors (Lipinski definition) is 1. The van der Waals surface area contributed by atoms with Gasteiger partial charge in [-0.1, -0.05) is 12.2 Å². The summed E-state index contributed by atoms with van der Waals surface area (Å²) >= 11 is 0. The van der Waals surface area contributed by atoms with Crippen LogP contribution < -0.4 is 0 Å². The van der Waals surface area contributed by atoms with E-state index in [-0.39, 0.29) is 40.8 Å². The van der Waals surface area contributed by atoms with Crippen molar-refractivity contribution in [2.45, 2.75) is 0 Å². The molecule has 11 heavy (non-hydrogen) atoms. The Morgan fingerprint density at radius 2 is 1.73 bits per heavy atom. The molecule has 0 aromatic rings. The van der Waals surface area contributed by atoms with Gasteiger partial charge in [-0.15, -0.1) is 13.2 Å². The zero-order valence-electron chi connectivity index (χ0n) is 6.29. The van der Waals surface area contributed by atoms with Crippen LogP contribution in [0.5, 0.6) is 0 Å². The van der Waals surface area contributed by atoms with Gasteiger partial charge in [0, 0.05) is 53.9 Å². The van der Waals surface area contributed by atoms with Crippen LogP contribution in [0.3, 0.4) is 0 Å². The molecule has 1 N–H and O–H groups in total. The molecule has 0 bridgehead atoms. The van der Waals surface area contributed by atoms with Gasteiger partial charge in [0.2, 0.25) is 0 Å². The summed E-state index contributed by atoms with van der Waals surface area (Å²) in [6.07, 6.45) is 2.13. The molecule has 0 atom stereocenters. The van der Waals surface area contributed by atoms with Crippen molar-refractivity contribution in [3.63, 3.8) is 0 Å². The Balaban J connectivity index is 0. The van der Waals surface area contributed by atoms with Crippen molar-refractivity contribution >= 4 is 6.09 Å². The third-order valence-electron chi connectivity index (χ3n) is 0.969.